The normalized spacial score (nSPS) is 16.3. The van der Waals surface area contributed by atoms with Crippen molar-refractivity contribution >= 4 is 23.5 Å². The van der Waals surface area contributed by atoms with E-state index in [-0.39, 0.29) is 42.4 Å². The standard InChI is InChI=1S/C20H16F2N4O3/c21-14-4-6-16(7-5-14)26-11-13(10-18(26)28)19-24-25-20(29-19)23-17(27)9-12-2-1-3-15(22)8-12/h1-8,13H,9-11H2,(H,23,25,27)/t13-/m0/s1. The summed E-state index contributed by atoms with van der Waals surface area (Å²) in [5.41, 5.74) is 1.10. The molecule has 0 spiro atoms. The van der Waals surface area contributed by atoms with Crippen molar-refractivity contribution in [3.63, 3.8) is 0 Å². The largest absolute Gasteiger partial charge is 0.407 e. The first kappa shape index (κ1) is 18.7. The molecule has 1 N–H and O–H groups in total. The summed E-state index contributed by atoms with van der Waals surface area (Å²) in [5, 5.41) is 10.2. The fraction of sp³-hybridized carbons (Fsp3) is 0.200. The topological polar surface area (TPSA) is 88.3 Å². The van der Waals surface area contributed by atoms with Gasteiger partial charge in [-0.05, 0) is 42.0 Å². The number of hydrogen-bond donors (Lipinski definition) is 1. The van der Waals surface area contributed by atoms with E-state index < -0.39 is 11.7 Å². The van der Waals surface area contributed by atoms with Crippen LogP contribution >= 0.6 is 0 Å². The highest BCUT2D eigenvalue weighted by Crippen LogP contribution is 2.31. The number of carbonyl (C=O) groups excluding carboxylic acids is 2. The molecule has 0 unspecified atom stereocenters. The van der Waals surface area contributed by atoms with E-state index in [0.29, 0.717) is 17.8 Å². The predicted molar refractivity (Wildman–Crippen MR) is 99.1 cm³/mol. The van der Waals surface area contributed by atoms with Crippen molar-refractivity contribution in [2.45, 2.75) is 18.8 Å². The molecule has 2 heterocycles. The van der Waals surface area contributed by atoms with Crippen LogP contribution in [0.15, 0.2) is 52.9 Å². The van der Waals surface area contributed by atoms with Gasteiger partial charge in [0.1, 0.15) is 11.6 Å². The molecule has 0 aliphatic carbocycles. The third-order valence-electron chi connectivity index (χ3n) is 4.55. The highest BCUT2D eigenvalue weighted by atomic mass is 19.1. The Kier molecular flexibility index (Phi) is 5.03. The molecule has 4 rings (SSSR count). The number of halogens is 2. The Labute approximate surface area is 164 Å². The van der Waals surface area contributed by atoms with Crippen LogP contribution in [0.1, 0.15) is 23.8 Å². The van der Waals surface area contributed by atoms with Gasteiger partial charge >= 0.3 is 6.01 Å². The lowest BCUT2D eigenvalue weighted by molar-refractivity contribution is -0.117. The van der Waals surface area contributed by atoms with E-state index in [4.69, 9.17) is 4.42 Å². The monoisotopic (exact) mass is 398 g/mol. The molecule has 2 aromatic carbocycles. The molecule has 1 aliphatic rings. The van der Waals surface area contributed by atoms with Gasteiger partial charge in [-0.1, -0.05) is 17.2 Å². The zero-order chi connectivity index (χ0) is 20.4. The molecule has 1 fully saturated rings. The molecule has 148 valence electrons. The number of anilines is 2. The number of amides is 2. The second-order valence-corrected chi connectivity index (χ2v) is 6.68. The van der Waals surface area contributed by atoms with Crippen LogP contribution in [-0.4, -0.2) is 28.6 Å². The molecule has 1 aliphatic heterocycles. The first-order valence-electron chi connectivity index (χ1n) is 8.91. The minimum Gasteiger partial charge on any atom is -0.407 e. The SMILES string of the molecule is O=C(Cc1cccc(F)c1)Nc1nnc([C@H]2CC(=O)N(c3ccc(F)cc3)C2)o1. The Hall–Kier alpha value is -3.62. The second-order valence-electron chi connectivity index (χ2n) is 6.68. The lowest BCUT2D eigenvalue weighted by Gasteiger charge is -2.15. The zero-order valence-electron chi connectivity index (χ0n) is 15.1. The second kappa shape index (κ2) is 7.78. The molecule has 0 bridgehead atoms. The average Bonchev–Trinajstić information content (AvgIpc) is 3.29. The van der Waals surface area contributed by atoms with Crippen LogP contribution in [-0.2, 0) is 16.0 Å². The highest BCUT2D eigenvalue weighted by Gasteiger charge is 2.35. The van der Waals surface area contributed by atoms with Crippen molar-refractivity contribution in [1.29, 1.82) is 0 Å². The maximum Gasteiger partial charge on any atom is 0.322 e. The van der Waals surface area contributed by atoms with Gasteiger partial charge in [-0.3, -0.25) is 14.9 Å². The summed E-state index contributed by atoms with van der Waals surface area (Å²) in [7, 11) is 0. The van der Waals surface area contributed by atoms with Crippen molar-refractivity contribution in [1.82, 2.24) is 10.2 Å². The van der Waals surface area contributed by atoms with E-state index in [2.05, 4.69) is 15.5 Å². The van der Waals surface area contributed by atoms with Crippen molar-refractivity contribution < 1.29 is 22.8 Å². The zero-order valence-corrected chi connectivity index (χ0v) is 15.1. The van der Waals surface area contributed by atoms with Crippen molar-refractivity contribution in [2.75, 3.05) is 16.8 Å². The van der Waals surface area contributed by atoms with Crippen LogP contribution in [0.5, 0.6) is 0 Å². The smallest absolute Gasteiger partial charge is 0.322 e. The van der Waals surface area contributed by atoms with E-state index >= 15 is 0 Å². The van der Waals surface area contributed by atoms with Crippen molar-refractivity contribution in [3.05, 3.63) is 71.6 Å². The summed E-state index contributed by atoms with van der Waals surface area (Å²) >= 11 is 0. The Morgan fingerprint density at radius 2 is 1.93 bits per heavy atom. The number of nitrogens with one attached hydrogen (secondary N) is 1. The van der Waals surface area contributed by atoms with Gasteiger partial charge in [-0.15, -0.1) is 5.10 Å². The molecule has 29 heavy (non-hydrogen) atoms. The van der Waals surface area contributed by atoms with E-state index in [0.717, 1.165) is 0 Å². The molecule has 1 atom stereocenters. The van der Waals surface area contributed by atoms with Crippen molar-refractivity contribution in [2.24, 2.45) is 0 Å². The highest BCUT2D eigenvalue weighted by molar-refractivity contribution is 5.96. The Morgan fingerprint density at radius 3 is 2.69 bits per heavy atom. The summed E-state index contributed by atoms with van der Waals surface area (Å²) in [5.74, 6) is -1.49. The summed E-state index contributed by atoms with van der Waals surface area (Å²) in [6.45, 7) is 0.309. The molecular formula is C20H16F2N4O3. The molecule has 1 saturated heterocycles. The molecule has 9 heteroatoms. The number of carbonyl (C=O) groups is 2. The first-order chi connectivity index (χ1) is 14.0. The van der Waals surface area contributed by atoms with Gasteiger partial charge in [0.25, 0.3) is 0 Å². The number of benzene rings is 2. The van der Waals surface area contributed by atoms with Crippen molar-refractivity contribution in [3.8, 4) is 0 Å². The van der Waals surface area contributed by atoms with Crippen LogP contribution < -0.4 is 10.2 Å². The molecule has 0 saturated carbocycles. The van der Waals surface area contributed by atoms with Crippen LogP contribution in [0.3, 0.4) is 0 Å². The van der Waals surface area contributed by atoms with Gasteiger partial charge in [0, 0.05) is 18.7 Å². The van der Waals surface area contributed by atoms with E-state index in [1.165, 1.54) is 47.4 Å². The third kappa shape index (κ3) is 4.29. The van der Waals surface area contributed by atoms with Gasteiger partial charge < -0.3 is 9.32 Å². The number of aromatic nitrogens is 2. The first-order valence-corrected chi connectivity index (χ1v) is 8.91. The molecule has 3 aromatic rings. The number of nitrogens with zero attached hydrogens (tertiary/aromatic N) is 3. The summed E-state index contributed by atoms with van der Waals surface area (Å²) in [6, 6.07) is 11.3. The van der Waals surface area contributed by atoms with Crippen LogP contribution in [0.4, 0.5) is 20.5 Å². The Balaban J connectivity index is 1.39. The molecule has 1 aromatic heterocycles. The van der Waals surface area contributed by atoms with Gasteiger partial charge in [-0.2, -0.15) is 0 Å². The minimum absolute atomic E-state index is 0.0459. The fourth-order valence-electron chi connectivity index (χ4n) is 3.19. The predicted octanol–water partition coefficient (Wildman–Crippen LogP) is 3.05. The molecule has 2 amide bonds. The maximum absolute atomic E-state index is 13.2. The quantitative estimate of drug-likeness (QED) is 0.714. The Bertz CT molecular complexity index is 1050. The van der Waals surface area contributed by atoms with E-state index in [1.54, 1.807) is 6.07 Å². The number of hydrogen-bond acceptors (Lipinski definition) is 5. The van der Waals surface area contributed by atoms with Gasteiger partial charge in [-0.25, -0.2) is 8.78 Å². The lowest BCUT2D eigenvalue weighted by atomic mass is 10.1. The molecule has 0 radical (unpaired) electrons. The number of rotatable bonds is 5. The molecule has 7 nitrogen and oxygen atoms in total. The summed E-state index contributed by atoms with van der Waals surface area (Å²) in [4.78, 5) is 25.9. The van der Waals surface area contributed by atoms with Gasteiger partial charge in [0.05, 0.1) is 12.3 Å². The Morgan fingerprint density at radius 1 is 1.14 bits per heavy atom. The fourth-order valence-corrected chi connectivity index (χ4v) is 3.19. The maximum atomic E-state index is 13.2. The van der Waals surface area contributed by atoms with Crippen LogP contribution in [0.2, 0.25) is 0 Å². The van der Waals surface area contributed by atoms with Crippen LogP contribution in [0, 0.1) is 11.6 Å². The summed E-state index contributed by atoms with van der Waals surface area (Å²) in [6.07, 6.45) is 0.117. The van der Waals surface area contributed by atoms with Crippen LogP contribution in [0.25, 0.3) is 0 Å². The average molecular weight is 398 g/mol. The van der Waals surface area contributed by atoms with E-state index in [1.807, 2.05) is 0 Å². The third-order valence-corrected chi connectivity index (χ3v) is 4.55. The minimum atomic E-state index is -0.429. The van der Waals surface area contributed by atoms with E-state index in [9.17, 15) is 18.4 Å². The van der Waals surface area contributed by atoms with Gasteiger partial charge in [0.2, 0.25) is 17.7 Å². The summed E-state index contributed by atoms with van der Waals surface area (Å²) < 4.78 is 31.8. The lowest BCUT2D eigenvalue weighted by Crippen LogP contribution is -2.24. The van der Waals surface area contributed by atoms with Gasteiger partial charge in [0.15, 0.2) is 0 Å². The molecular weight excluding hydrogens is 382 g/mol.